The van der Waals surface area contributed by atoms with Crippen LogP contribution >= 0.6 is 11.6 Å². The average molecular weight is 484 g/mol. The summed E-state index contributed by atoms with van der Waals surface area (Å²) in [6.07, 6.45) is 4.94. The number of nitrogens with one attached hydrogen (secondary N) is 1. The lowest BCUT2D eigenvalue weighted by Crippen LogP contribution is -2.48. The number of likely N-dealkylation sites (tertiary alicyclic amines) is 1. The zero-order valence-corrected chi connectivity index (χ0v) is 20.3. The maximum absolute atomic E-state index is 13.3. The molecule has 3 unspecified atom stereocenters. The van der Waals surface area contributed by atoms with Gasteiger partial charge in [0.25, 0.3) is 0 Å². The molecule has 0 bridgehead atoms. The van der Waals surface area contributed by atoms with Gasteiger partial charge in [0.1, 0.15) is 11.9 Å². The summed E-state index contributed by atoms with van der Waals surface area (Å²) in [6, 6.07) is 15.1. The van der Waals surface area contributed by atoms with Gasteiger partial charge >= 0.3 is 0 Å². The van der Waals surface area contributed by atoms with Crippen LogP contribution in [0.5, 0.6) is 5.75 Å². The summed E-state index contributed by atoms with van der Waals surface area (Å²) >= 11 is 6.02. The van der Waals surface area contributed by atoms with Gasteiger partial charge in [-0.2, -0.15) is 0 Å². The van der Waals surface area contributed by atoms with E-state index in [4.69, 9.17) is 16.3 Å². The second-order valence-corrected chi connectivity index (χ2v) is 10.3. The molecule has 0 radical (unpaired) electrons. The molecule has 1 aliphatic carbocycles. The van der Waals surface area contributed by atoms with E-state index in [0.29, 0.717) is 24.2 Å². The molecule has 182 valence electrons. The van der Waals surface area contributed by atoms with Crippen LogP contribution in [0.2, 0.25) is 5.02 Å². The maximum atomic E-state index is 13.3. The number of ether oxygens (including phenoxy) is 1. The molecule has 0 aromatic heterocycles. The highest BCUT2D eigenvalue weighted by atomic mass is 35.5. The molecule has 34 heavy (non-hydrogen) atoms. The Balaban J connectivity index is 1.23. The normalized spacial score (nSPS) is 22.5. The van der Waals surface area contributed by atoms with Gasteiger partial charge < -0.3 is 25.0 Å². The van der Waals surface area contributed by atoms with Crippen LogP contribution in [0.1, 0.15) is 43.8 Å². The summed E-state index contributed by atoms with van der Waals surface area (Å²) in [6.45, 7) is 4.19. The fourth-order valence-corrected chi connectivity index (χ4v) is 5.11. The molecule has 2 aliphatic heterocycles. The Kier molecular flexibility index (Phi) is 7.28. The van der Waals surface area contributed by atoms with Gasteiger partial charge in [-0.05, 0) is 87.2 Å². The average Bonchev–Trinajstić information content (AvgIpc) is 3.29. The molecule has 2 heterocycles. The first-order chi connectivity index (χ1) is 16.5. The lowest BCUT2D eigenvalue weighted by molar-refractivity contribution is -0.126. The van der Waals surface area contributed by atoms with E-state index in [1.165, 1.54) is 12.8 Å². The third-order valence-corrected chi connectivity index (χ3v) is 7.41. The number of hydrogen-bond acceptors (Lipinski definition) is 5. The van der Waals surface area contributed by atoms with Crippen molar-refractivity contribution < 1.29 is 14.6 Å². The van der Waals surface area contributed by atoms with Gasteiger partial charge in [0.05, 0.1) is 18.1 Å². The predicted molar refractivity (Wildman–Crippen MR) is 134 cm³/mol. The lowest BCUT2D eigenvalue weighted by Gasteiger charge is -2.30. The number of carbonyl (C=O) groups is 1. The van der Waals surface area contributed by atoms with Crippen LogP contribution in [-0.2, 0) is 4.79 Å². The van der Waals surface area contributed by atoms with Crippen LogP contribution in [0.25, 0.3) is 0 Å². The first kappa shape index (κ1) is 23.5. The SMILES string of the molecule is O=C(NC(CN1CCCC1)C(O)c1ccc(OC2CC2)cc1)C1CCN(c2ccc(Cl)cc2)C1. The van der Waals surface area contributed by atoms with Crippen molar-refractivity contribution in [2.75, 3.05) is 37.6 Å². The molecule has 2 saturated heterocycles. The largest absolute Gasteiger partial charge is 0.490 e. The first-order valence-corrected chi connectivity index (χ1v) is 12.9. The lowest BCUT2D eigenvalue weighted by atomic mass is 10.00. The van der Waals surface area contributed by atoms with Gasteiger partial charge in [0.2, 0.25) is 5.91 Å². The Morgan fingerprint density at radius 2 is 1.74 bits per heavy atom. The van der Waals surface area contributed by atoms with Gasteiger partial charge in [-0.1, -0.05) is 23.7 Å². The summed E-state index contributed by atoms with van der Waals surface area (Å²) in [5.74, 6) is 0.762. The molecule has 2 aromatic rings. The number of aliphatic hydroxyl groups is 1. The third-order valence-electron chi connectivity index (χ3n) is 7.16. The Labute approximate surface area is 206 Å². The monoisotopic (exact) mass is 483 g/mol. The van der Waals surface area contributed by atoms with Crippen molar-refractivity contribution in [1.29, 1.82) is 0 Å². The molecule has 1 saturated carbocycles. The van der Waals surface area contributed by atoms with Crippen molar-refractivity contribution in [3.63, 3.8) is 0 Å². The Hall–Kier alpha value is -2.28. The molecule has 1 amide bonds. The third kappa shape index (κ3) is 5.85. The summed E-state index contributed by atoms with van der Waals surface area (Å²) in [7, 11) is 0. The highest BCUT2D eigenvalue weighted by molar-refractivity contribution is 6.30. The van der Waals surface area contributed by atoms with E-state index < -0.39 is 6.10 Å². The van der Waals surface area contributed by atoms with Gasteiger partial charge in [-0.25, -0.2) is 0 Å². The van der Waals surface area contributed by atoms with Gasteiger partial charge in [-0.3, -0.25) is 4.79 Å². The predicted octanol–water partition coefficient (Wildman–Crippen LogP) is 4.02. The Morgan fingerprint density at radius 3 is 2.41 bits per heavy atom. The Bertz CT molecular complexity index is 958. The number of aliphatic hydroxyl groups excluding tert-OH is 1. The van der Waals surface area contributed by atoms with E-state index >= 15 is 0 Å². The highest BCUT2D eigenvalue weighted by Crippen LogP contribution is 2.29. The number of benzene rings is 2. The van der Waals surface area contributed by atoms with Crippen LogP contribution in [0.4, 0.5) is 5.69 Å². The quantitative estimate of drug-likeness (QED) is 0.564. The van der Waals surface area contributed by atoms with E-state index in [9.17, 15) is 9.90 Å². The van der Waals surface area contributed by atoms with Crippen LogP contribution < -0.4 is 15.0 Å². The zero-order valence-electron chi connectivity index (χ0n) is 19.5. The molecule has 3 aliphatic rings. The van der Waals surface area contributed by atoms with Gasteiger partial charge in [0, 0.05) is 30.3 Å². The van der Waals surface area contributed by atoms with E-state index in [2.05, 4.69) is 15.1 Å². The summed E-state index contributed by atoms with van der Waals surface area (Å²) in [4.78, 5) is 17.8. The number of rotatable bonds is 9. The minimum Gasteiger partial charge on any atom is -0.490 e. The number of anilines is 1. The summed E-state index contributed by atoms with van der Waals surface area (Å²) < 4.78 is 5.84. The number of nitrogens with zero attached hydrogens (tertiary/aromatic N) is 2. The van der Waals surface area contributed by atoms with Gasteiger partial charge in [-0.15, -0.1) is 0 Å². The van der Waals surface area contributed by atoms with Crippen molar-refractivity contribution in [2.45, 2.75) is 50.4 Å². The molecule has 2 N–H and O–H groups in total. The molecule has 5 rings (SSSR count). The van der Waals surface area contributed by atoms with Crippen LogP contribution in [0, 0.1) is 5.92 Å². The number of hydrogen-bond donors (Lipinski definition) is 2. The maximum Gasteiger partial charge on any atom is 0.225 e. The molecule has 0 spiro atoms. The van der Waals surface area contributed by atoms with Gasteiger partial charge in [0.15, 0.2) is 0 Å². The number of carbonyl (C=O) groups excluding carboxylic acids is 1. The molecular weight excluding hydrogens is 450 g/mol. The molecule has 7 heteroatoms. The van der Waals surface area contributed by atoms with Crippen molar-refractivity contribution in [1.82, 2.24) is 10.2 Å². The standard InChI is InChI=1S/C27H34ClN3O3/c28-21-5-7-22(8-6-21)31-16-13-20(17-31)27(33)29-25(18-30-14-1-2-15-30)26(32)19-3-9-23(10-4-19)34-24-11-12-24/h3-10,20,24-26,32H,1-2,11-18H2,(H,29,33). The van der Waals surface area contributed by atoms with Crippen LogP contribution in [0.15, 0.2) is 48.5 Å². The van der Waals surface area contributed by atoms with Crippen molar-refractivity contribution in [3.8, 4) is 5.75 Å². The summed E-state index contributed by atoms with van der Waals surface area (Å²) in [5.41, 5.74) is 1.89. The molecule has 3 atom stereocenters. The molecule has 3 fully saturated rings. The van der Waals surface area contributed by atoms with Crippen molar-refractivity contribution in [3.05, 3.63) is 59.1 Å². The molecule has 2 aromatic carbocycles. The Morgan fingerprint density at radius 1 is 1.03 bits per heavy atom. The number of halogens is 1. The zero-order chi connectivity index (χ0) is 23.5. The first-order valence-electron chi connectivity index (χ1n) is 12.5. The minimum absolute atomic E-state index is 0.0217. The van der Waals surface area contributed by atoms with E-state index in [0.717, 1.165) is 55.9 Å². The van der Waals surface area contributed by atoms with Crippen molar-refractivity contribution in [2.24, 2.45) is 5.92 Å². The fourth-order valence-electron chi connectivity index (χ4n) is 4.98. The van der Waals surface area contributed by atoms with E-state index in [1.807, 2.05) is 48.5 Å². The molecular formula is C27H34ClN3O3. The number of amides is 1. The fraction of sp³-hybridized carbons (Fsp3) is 0.519. The summed E-state index contributed by atoms with van der Waals surface area (Å²) in [5, 5.41) is 15.2. The smallest absolute Gasteiger partial charge is 0.225 e. The van der Waals surface area contributed by atoms with E-state index in [1.54, 1.807) is 0 Å². The second-order valence-electron chi connectivity index (χ2n) is 9.86. The van der Waals surface area contributed by atoms with Crippen LogP contribution in [0.3, 0.4) is 0 Å². The van der Waals surface area contributed by atoms with E-state index in [-0.39, 0.29) is 17.9 Å². The molecule has 6 nitrogen and oxygen atoms in total. The van der Waals surface area contributed by atoms with Crippen LogP contribution in [-0.4, -0.2) is 60.8 Å². The minimum atomic E-state index is -0.770. The second kappa shape index (κ2) is 10.5. The highest BCUT2D eigenvalue weighted by Gasteiger charge is 2.33. The topological polar surface area (TPSA) is 65.0 Å². The van der Waals surface area contributed by atoms with Crippen molar-refractivity contribution >= 4 is 23.2 Å².